The van der Waals surface area contributed by atoms with E-state index in [0.29, 0.717) is 32.4 Å². The maximum absolute atomic E-state index is 12.5. The fourth-order valence-corrected chi connectivity index (χ4v) is 4.26. The van der Waals surface area contributed by atoms with E-state index in [1.54, 1.807) is 4.31 Å². The third kappa shape index (κ3) is 12.3. The lowest BCUT2D eigenvalue weighted by atomic mass is 10.1. The summed E-state index contributed by atoms with van der Waals surface area (Å²) in [4.78, 5) is 0. The zero-order valence-corrected chi connectivity index (χ0v) is 16.0. The summed E-state index contributed by atoms with van der Waals surface area (Å²) < 4.78 is 26.6. The number of sulfonamides is 1. The first-order valence-electron chi connectivity index (χ1n) is 9.30. The van der Waals surface area contributed by atoms with Crippen LogP contribution in [0.3, 0.4) is 0 Å². The fourth-order valence-electron chi connectivity index (χ4n) is 2.54. The van der Waals surface area contributed by atoms with Gasteiger partial charge in [-0.15, -0.1) is 0 Å². The highest BCUT2D eigenvalue weighted by Crippen LogP contribution is 2.12. The van der Waals surface area contributed by atoms with Crippen LogP contribution in [-0.4, -0.2) is 31.6 Å². The minimum absolute atomic E-state index is 0.242. The molecule has 0 aliphatic carbocycles. The molecule has 24 heavy (non-hydrogen) atoms. The summed E-state index contributed by atoms with van der Waals surface area (Å²) in [5.74, 6) is 0.242. The molecule has 0 rings (SSSR count). The molecule has 0 aliphatic rings. The van der Waals surface area contributed by atoms with Crippen molar-refractivity contribution in [1.82, 2.24) is 4.31 Å². The van der Waals surface area contributed by atoms with Crippen molar-refractivity contribution in [2.24, 2.45) is 0 Å². The second-order valence-electron chi connectivity index (χ2n) is 6.21. The number of hydrogen-bond acceptors (Lipinski definition) is 4. The lowest BCUT2D eigenvalue weighted by Crippen LogP contribution is -2.34. The van der Waals surface area contributed by atoms with Crippen LogP contribution in [0, 0.1) is 22.7 Å². The summed E-state index contributed by atoms with van der Waals surface area (Å²) in [5, 5.41) is 17.0. The van der Waals surface area contributed by atoms with E-state index >= 15 is 0 Å². The van der Waals surface area contributed by atoms with Gasteiger partial charge >= 0.3 is 0 Å². The Bertz CT molecular complexity index is 451. The van der Waals surface area contributed by atoms with Crippen molar-refractivity contribution in [3.63, 3.8) is 0 Å². The minimum Gasteiger partial charge on any atom is -0.212 e. The van der Waals surface area contributed by atoms with E-state index in [9.17, 15) is 8.42 Å². The number of unbranched alkanes of at least 4 members (excludes halogenated alkanes) is 9. The van der Waals surface area contributed by atoms with E-state index in [2.05, 4.69) is 12.1 Å². The minimum atomic E-state index is -3.15. The van der Waals surface area contributed by atoms with Crippen LogP contribution in [0.25, 0.3) is 0 Å². The second-order valence-corrected chi connectivity index (χ2v) is 8.30. The van der Waals surface area contributed by atoms with Gasteiger partial charge in [0, 0.05) is 25.9 Å². The van der Waals surface area contributed by atoms with Crippen molar-refractivity contribution in [3.8, 4) is 12.1 Å². The lowest BCUT2D eigenvalue weighted by molar-refractivity contribution is 0.384. The predicted octanol–water partition coefficient (Wildman–Crippen LogP) is 4.37. The third-order valence-electron chi connectivity index (χ3n) is 4.04. The monoisotopic (exact) mass is 355 g/mol. The van der Waals surface area contributed by atoms with Crippen molar-refractivity contribution in [2.45, 2.75) is 84.0 Å². The van der Waals surface area contributed by atoms with Crippen LogP contribution in [0.2, 0.25) is 0 Å². The molecule has 0 aromatic heterocycles. The van der Waals surface area contributed by atoms with Gasteiger partial charge in [0.2, 0.25) is 10.0 Å². The molecule has 0 aromatic rings. The van der Waals surface area contributed by atoms with Crippen LogP contribution in [-0.2, 0) is 10.0 Å². The van der Waals surface area contributed by atoms with Gasteiger partial charge in [-0.25, -0.2) is 12.7 Å². The molecule has 5 nitrogen and oxygen atoms in total. The Morgan fingerprint density at radius 1 is 0.750 bits per heavy atom. The molecule has 0 amide bonds. The summed E-state index contributed by atoms with van der Waals surface area (Å²) in [5.41, 5.74) is 0. The summed E-state index contributed by atoms with van der Waals surface area (Å²) in [6.07, 6.45) is 10.2. The van der Waals surface area contributed by atoms with Gasteiger partial charge in [0.05, 0.1) is 17.9 Å². The van der Waals surface area contributed by atoms with Crippen molar-refractivity contribution < 1.29 is 8.42 Å². The number of hydrogen-bond donors (Lipinski definition) is 0. The van der Waals surface area contributed by atoms with Crippen molar-refractivity contribution in [2.75, 3.05) is 18.8 Å². The molecule has 0 unspecified atom stereocenters. The number of rotatable bonds is 16. The van der Waals surface area contributed by atoms with Gasteiger partial charge in [-0.05, 0) is 32.1 Å². The molecule has 0 saturated carbocycles. The molecule has 138 valence electrons. The summed E-state index contributed by atoms with van der Waals surface area (Å²) in [7, 11) is -3.15. The highest BCUT2D eigenvalue weighted by molar-refractivity contribution is 7.89. The van der Waals surface area contributed by atoms with Gasteiger partial charge in [0.1, 0.15) is 0 Å². The van der Waals surface area contributed by atoms with Crippen LogP contribution in [0.15, 0.2) is 0 Å². The maximum atomic E-state index is 12.5. The van der Waals surface area contributed by atoms with Crippen LogP contribution < -0.4 is 0 Å². The molecule has 0 bridgehead atoms. The number of nitriles is 2. The molecule has 0 saturated heterocycles. The normalized spacial score (nSPS) is 11.3. The Labute approximate surface area is 148 Å². The Balaban J connectivity index is 4.24. The summed E-state index contributed by atoms with van der Waals surface area (Å²) in [6.45, 7) is 3.19. The van der Waals surface area contributed by atoms with E-state index in [1.165, 1.54) is 0 Å². The second kappa shape index (κ2) is 15.4. The standard InChI is InChI=1S/C18H33N3O2S/c1-2-3-18-24(22,23)21(16-12-8-4-6-10-14-19)17-13-9-5-7-11-15-20/h2-13,16-18H2,1H3. The fraction of sp³-hybridized carbons (Fsp3) is 0.889. The van der Waals surface area contributed by atoms with Crippen LogP contribution >= 0.6 is 0 Å². The van der Waals surface area contributed by atoms with Gasteiger partial charge in [0.25, 0.3) is 0 Å². The smallest absolute Gasteiger partial charge is 0.212 e. The van der Waals surface area contributed by atoms with Gasteiger partial charge in [0.15, 0.2) is 0 Å². The van der Waals surface area contributed by atoms with Crippen molar-refractivity contribution in [3.05, 3.63) is 0 Å². The number of nitrogens with zero attached hydrogens (tertiary/aromatic N) is 3. The molecule has 0 aliphatic heterocycles. The summed E-state index contributed by atoms with van der Waals surface area (Å²) in [6, 6.07) is 4.27. The Hall–Kier alpha value is -1.11. The Morgan fingerprint density at radius 3 is 1.62 bits per heavy atom. The Morgan fingerprint density at radius 2 is 1.21 bits per heavy atom. The molecule has 0 heterocycles. The average molecular weight is 356 g/mol. The van der Waals surface area contributed by atoms with E-state index in [0.717, 1.165) is 57.8 Å². The van der Waals surface area contributed by atoms with Gasteiger partial charge in [-0.1, -0.05) is 39.0 Å². The average Bonchev–Trinajstić information content (AvgIpc) is 2.57. The van der Waals surface area contributed by atoms with Gasteiger partial charge in [-0.2, -0.15) is 10.5 Å². The molecular weight excluding hydrogens is 322 g/mol. The van der Waals surface area contributed by atoms with Crippen molar-refractivity contribution >= 4 is 10.0 Å². The quantitative estimate of drug-likeness (QED) is 0.385. The SMILES string of the molecule is CCCCS(=O)(=O)N(CCCCCCC#N)CCCCCCC#N. The molecular formula is C18H33N3O2S. The lowest BCUT2D eigenvalue weighted by Gasteiger charge is -2.22. The molecule has 0 radical (unpaired) electrons. The van der Waals surface area contributed by atoms with E-state index in [4.69, 9.17) is 10.5 Å². The molecule has 0 spiro atoms. The van der Waals surface area contributed by atoms with Gasteiger partial charge in [-0.3, -0.25) is 0 Å². The van der Waals surface area contributed by atoms with Crippen molar-refractivity contribution in [1.29, 1.82) is 10.5 Å². The first kappa shape index (κ1) is 22.9. The van der Waals surface area contributed by atoms with Crippen LogP contribution in [0.1, 0.15) is 84.0 Å². The topological polar surface area (TPSA) is 85.0 Å². The molecule has 0 aromatic carbocycles. The first-order chi connectivity index (χ1) is 11.6. The maximum Gasteiger partial charge on any atom is 0.214 e. The highest BCUT2D eigenvalue weighted by Gasteiger charge is 2.20. The zero-order chi connectivity index (χ0) is 18.1. The first-order valence-corrected chi connectivity index (χ1v) is 10.9. The summed E-state index contributed by atoms with van der Waals surface area (Å²) >= 11 is 0. The van der Waals surface area contributed by atoms with Gasteiger partial charge < -0.3 is 0 Å². The van der Waals surface area contributed by atoms with E-state index in [1.807, 2.05) is 6.92 Å². The van der Waals surface area contributed by atoms with Crippen LogP contribution in [0.5, 0.6) is 0 Å². The predicted molar refractivity (Wildman–Crippen MR) is 97.7 cm³/mol. The van der Waals surface area contributed by atoms with E-state index in [-0.39, 0.29) is 5.75 Å². The Kier molecular flexibility index (Phi) is 14.7. The molecule has 0 fully saturated rings. The highest BCUT2D eigenvalue weighted by atomic mass is 32.2. The largest absolute Gasteiger partial charge is 0.214 e. The third-order valence-corrected chi connectivity index (χ3v) is 6.00. The molecule has 6 heteroatoms. The molecule has 0 N–H and O–H groups in total. The van der Waals surface area contributed by atoms with Crippen LogP contribution in [0.4, 0.5) is 0 Å². The van der Waals surface area contributed by atoms with E-state index < -0.39 is 10.0 Å². The molecule has 0 atom stereocenters. The zero-order valence-electron chi connectivity index (χ0n) is 15.2.